The molecule has 0 aromatic carbocycles. The highest BCUT2D eigenvalue weighted by molar-refractivity contribution is 5.94. The van der Waals surface area contributed by atoms with Crippen LogP contribution in [-0.4, -0.2) is 69.9 Å². The molecule has 0 aliphatic carbocycles. The lowest BCUT2D eigenvalue weighted by Crippen LogP contribution is -2.47. The molecule has 8 heteroatoms. The van der Waals surface area contributed by atoms with Gasteiger partial charge >= 0.3 is 6.09 Å². The topological polar surface area (TPSA) is 79.7 Å². The van der Waals surface area contributed by atoms with Gasteiger partial charge in [-0.2, -0.15) is 5.10 Å². The highest BCUT2D eigenvalue weighted by Gasteiger charge is 2.33. The Balaban J connectivity index is 1.81. The van der Waals surface area contributed by atoms with Crippen molar-refractivity contribution in [2.45, 2.75) is 39.3 Å². The fraction of sp³-hybridized carbons (Fsp3) is 0.706. The third kappa shape index (κ3) is 3.78. The van der Waals surface area contributed by atoms with Crippen LogP contribution in [0, 0.1) is 0 Å². The monoisotopic (exact) mass is 349 g/mol. The van der Waals surface area contributed by atoms with Crippen molar-refractivity contribution < 1.29 is 14.3 Å². The van der Waals surface area contributed by atoms with E-state index in [-0.39, 0.29) is 12.0 Å². The second kappa shape index (κ2) is 6.67. The van der Waals surface area contributed by atoms with Gasteiger partial charge in [-0.05, 0) is 20.8 Å². The van der Waals surface area contributed by atoms with E-state index in [0.29, 0.717) is 38.3 Å². The Kier molecular flexibility index (Phi) is 4.73. The van der Waals surface area contributed by atoms with Crippen molar-refractivity contribution in [2.75, 3.05) is 32.7 Å². The molecule has 1 aromatic rings. The Morgan fingerprint density at radius 2 is 1.80 bits per heavy atom. The number of carbonyl (C=O) groups is 2. The van der Waals surface area contributed by atoms with E-state index in [2.05, 4.69) is 10.4 Å². The van der Waals surface area contributed by atoms with Gasteiger partial charge < -0.3 is 19.9 Å². The van der Waals surface area contributed by atoms with Crippen LogP contribution in [0.4, 0.5) is 4.79 Å². The molecular weight excluding hydrogens is 322 g/mol. The minimum Gasteiger partial charge on any atom is -0.444 e. The number of ether oxygens (including phenoxy) is 1. The molecule has 3 heterocycles. The summed E-state index contributed by atoms with van der Waals surface area (Å²) >= 11 is 0. The molecule has 0 radical (unpaired) electrons. The summed E-state index contributed by atoms with van der Waals surface area (Å²) in [6.07, 6.45) is 0.329. The fourth-order valence-corrected chi connectivity index (χ4v) is 3.26. The lowest BCUT2D eigenvalue weighted by molar-refractivity contribution is 0.0221. The van der Waals surface area contributed by atoms with Gasteiger partial charge in [-0.1, -0.05) is 0 Å². The van der Waals surface area contributed by atoms with Crippen molar-refractivity contribution in [2.24, 2.45) is 7.05 Å². The highest BCUT2D eigenvalue weighted by Crippen LogP contribution is 2.24. The van der Waals surface area contributed by atoms with Gasteiger partial charge in [0.25, 0.3) is 5.91 Å². The van der Waals surface area contributed by atoms with Crippen LogP contribution < -0.4 is 5.32 Å². The number of hydrogen-bond donors (Lipinski definition) is 1. The van der Waals surface area contributed by atoms with Gasteiger partial charge in [0.1, 0.15) is 5.60 Å². The van der Waals surface area contributed by atoms with Crippen LogP contribution in [0.2, 0.25) is 0 Å². The van der Waals surface area contributed by atoms with Crippen molar-refractivity contribution in [3.63, 3.8) is 0 Å². The first kappa shape index (κ1) is 17.7. The Morgan fingerprint density at radius 1 is 1.12 bits per heavy atom. The summed E-state index contributed by atoms with van der Waals surface area (Å²) in [4.78, 5) is 28.7. The molecule has 0 spiro atoms. The molecule has 0 bridgehead atoms. The Bertz CT molecular complexity index is 671. The third-order valence-corrected chi connectivity index (χ3v) is 4.50. The minimum atomic E-state index is -0.536. The molecule has 1 aromatic heterocycles. The number of aryl methyl sites for hydroxylation is 1. The molecule has 25 heavy (non-hydrogen) atoms. The summed E-state index contributed by atoms with van der Waals surface area (Å²) in [5.74, 6) is -0.0515. The van der Waals surface area contributed by atoms with Gasteiger partial charge in [0.2, 0.25) is 0 Å². The first-order chi connectivity index (χ1) is 11.8. The smallest absolute Gasteiger partial charge is 0.410 e. The van der Waals surface area contributed by atoms with Gasteiger partial charge in [-0.15, -0.1) is 0 Å². The van der Waals surface area contributed by atoms with E-state index in [0.717, 1.165) is 24.3 Å². The van der Waals surface area contributed by atoms with Gasteiger partial charge in [0, 0.05) is 57.4 Å². The average Bonchev–Trinajstić information content (AvgIpc) is 2.90. The number of hydrogen-bond acceptors (Lipinski definition) is 5. The number of aromatic nitrogens is 2. The number of nitrogens with zero attached hydrogens (tertiary/aromatic N) is 4. The van der Waals surface area contributed by atoms with Gasteiger partial charge in [-0.25, -0.2) is 4.79 Å². The average molecular weight is 349 g/mol. The molecule has 1 saturated heterocycles. The molecule has 0 atom stereocenters. The molecule has 2 aliphatic rings. The maximum atomic E-state index is 12.9. The normalized spacial score (nSPS) is 18.1. The lowest BCUT2D eigenvalue weighted by Gasteiger charge is -2.31. The number of carbonyl (C=O) groups excluding carboxylic acids is 2. The zero-order valence-corrected chi connectivity index (χ0v) is 15.5. The van der Waals surface area contributed by atoms with Gasteiger partial charge in [0.05, 0.1) is 6.54 Å². The van der Waals surface area contributed by atoms with E-state index in [1.54, 1.807) is 9.58 Å². The van der Waals surface area contributed by atoms with Crippen LogP contribution in [-0.2, 0) is 24.8 Å². The van der Waals surface area contributed by atoms with Crippen molar-refractivity contribution in [1.29, 1.82) is 0 Å². The van der Waals surface area contributed by atoms with Crippen LogP contribution in [0.15, 0.2) is 0 Å². The summed E-state index contributed by atoms with van der Waals surface area (Å²) in [5.41, 5.74) is 1.81. The zero-order valence-electron chi connectivity index (χ0n) is 15.5. The first-order valence-electron chi connectivity index (χ1n) is 8.79. The molecule has 0 saturated carbocycles. The molecule has 138 valence electrons. The van der Waals surface area contributed by atoms with Crippen LogP contribution in [0.5, 0.6) is 0 Å². The molecule has 0 unspecified atom stereocenters. The second-order valence-corrected chi connectivity index (χ2v) is 7.59. The minimum absolute atomic E-state index is 0.0515. The van der Waals surface area contributed by atoms with Crippen LogP contribution in [0.1, 0.15) is 42.5 Å². The van der Waals surface area contributed by atoms with Crippen LogP contribution >= 0.6 is 0 Å². The summed E-state index contributed by atoms with van der Waals surface area (Å²) in [7, 11) is 1.86. The second-order valence-electron chi connectivity index (χ2n) is 7.59. The third-order valence-electron chi connectivity index (χ3n) is 4.50. The number of piperazine rings is 1. The first-order valence-corrected chi connectivity index (χ1v) is 8.79. The van der Waals surface area contributed by atoms with Crippen LogP contribution in [0.25, 0.3) is 0 Å². The summed E-state index contributed by atoms with van der Waals surface area (Å²) in [5, 5.41) is 7.71. The van der Waals surface area contributed by atoms with Crippen molar-refractivity contribution in [1.82, 2.24) is 24.9 Å². The van der Waals surface area contributed by atoms with Gasteiger partial charge in [-0.3, -0.25) is 9.48 Å². The number of nitrogens with one attached hydrogen (secondary N) is 1. The number of fused-ring (bicyclic) bond motifs is 1. The van der Waals surface area contributed by atoms with E-state index in [1.807, 2.05) is 32.7 Å². The maximum absolute atomic E-state index is 12.9. The fourth-order valence-electron chi connectivity index (χ4n) is 3.26. The largest absolute Gasteiger partial charge is 0.444 e. The van der Waals surface area contributed by atoms with Crippen molar-refractivity contribution in [3.05, 3.63) is 17.0 Å². The number of rotatable bonds is 1. The summed E-state index contributed by atoms with van der Waals surface area (Å²) in [6.45, 7) is 9.45. The lowest BCUT2D eigenvalue weighted by atomic mass is 10.0. The van der Waals surface area contributed by atoms with Gasteiger partial charge in [0.15, 0.2) is 5.69 Å². The number of amides is 2. The molecule has 3 rings (SSSR count). The quantitative estimate of drug-likeness (QED) is 0.810. The predicted molar refractivity (Wildman–Crippen MR) is 92.3 cm³/mol. The molecule has 8 nitrogen and oxygen atoms in total. The summed E-state index contributed by atoms with van der Waals surface area (Å²) < 4.78 is 7.25. The van der Waals surface area contributed by atoms with E-state index in [1.165, 1.54) is 0 Å². The van der Waals surface area contributed by atoms with E-state index in [9.17, 15) is 9.59 Å². The zero-order chi connectivity index (χ0) is 18.2. The predicted octanol–water partition coefficient (Wildman–Crippen LogP) is 0.759. The van der Waals surface area contributed by atoms with Crippen molar-refractivity contribution >= 4 is 12.0 Å². The van der Waals surface area contributed by atoms with E-state index < -0.39 is 5.60 Å². The molecule has 2 aliphatic heterocycles. The van der Waals surface area contributed by atoms with Crippen molar-refractivity contribution in [3.8, 4) is 0 Å². The SMILES string of the molecule is Cn1nc(C(=O)N2CCNCC2)c2c1CCN(C(=O)OC(C)(C)C)C2. The Labute approximate surface area is 148 Å². The van der Waals surface area contributed by atoms with E-state index >= 15 is 0 Å². The molecular formula is C17H27N5O3. The molecule has 1 N–H and O–H groups in total. The summed E-state index contributed by atoms with van der Waals surface area (Å²) in [6, 6.07) is 0. The standard InChI is InChI=1S/C17H27N5O3/c1-17(2,3)25-16(24)22-8-5-13-12(11-22)14(19-20(13)4)15(23)21-9-6-18-7-10-21/h18H,5-11H2,1-4H3. The van der Waals surface area contributed by atoms with E-state index in [4.69, 9.17) is 4.74 Å². The Morgan fingerprint density at radius 3 is 2.44 bits per heavy atom. The highest BCUT2D eigenvalue weighted by atomic mass is 16.6. The Hall–Kier alpha value is -2.09. The maximum Gasteiger partial charge on any atom is 0.410 e. The molecule has 1 fully saturated rings. The van der Waals surface area contributed by atoms with Crippen LogP contribution in [0.3, 0.4) is 0 Å². The molecule has 2 amide bonds.